The van der Waals surface area contributed by atoms with E-state index in [1.54, 1.807) is 27.8 Å². The highest BCUT2D eigenvalue weighted by atomic mass is 19.1. The van der Waals surface area contributed by atoms with Crippen molar-refractivity contribution in [3.63, 3.8) is 0 Å². The van der Waals surface area contributed by atoms with Crippen molar-refractivity contribution < 1.29 is 18.1 Å². The van der Waals surface area contributed by atoms with Gasteiger partial charge in [0.1, 0.15) is 22.8 Å². The molecule has 15 heteroatoms. The van der Waals surface area contributed by atoms with E-state index in [1.807, 2.05) is 9.80 Å². The average molecular weight is 615 g/mol. The van der Waals surface area contributed by atoms with Gasteiger partial charge in [0, 0.05) is 75.2 Å². The van der Waals surface area contributed by atoms with Gasteiger partial charge in [0.2, 0.25) is 5.95 Å². The molecule has 5 aromatic rings. The Morgan fingerprint density at radius 1 is 1.02 bits per heavy atom. The highest BCUT2D eigenvalue weighted by Crippen LogP contribution is 2.45. The normalized spacial score (nSPS) is 20.2. The van der Waals surface area contributed by atoms with E-state index >= 15 is 4.39 Å². The fourth-order valence-corrected chi connectivity index (χ4v) is 6.14. The van der Waals surface area contributed by atoms with Gasteiger partial charge in [0.25, 0.3) is 5.69 Å². The highest BCUT2D eigenvalue weighted by Gasteiger charge is 2.47. The van der Waals surface area contributed by atoms with Gasteiger partial charge in [-0.25, -0.2) is 23.3 Å². The molecule has 0 radical (unpaired) electrons. The third-order valence-corrected chi connectivity index (χ3v) is 8.45. The third kappa shape index (κ3) is 5.33. The van der Waals surface area contributed by atoms with Crippen LogP contribution in [0.4, 0.5) is 24.5 Å². The monoisotopic (exact) mass is 614 g/mol. The molecule has 12 nitrogen and oxygen atoms in total. The number of nitrogens with zero attached hydrogens (tertiary/aromatic N) is 10. The molecule has 1 saturated carbocycles. The maximum atomic E-state index is 15.7. The van der Waals surface area contributed by atoms with E-state index in [1.165, 1.54) is 36.7 Å². The van der Waals surface area contributed by atoms with Crippen molar-refractivity contribution in [3.05, 3.63) is 88.8 Å². The van der Waals surface area contributed by atoms with Crippen LogP contribution in [0.5, 0.6) is 0 Å². The van der Waals surface area contributed by atoms with Gasteiger partial charge in [-0.2, -0.15) is 19.8 Å². The van der Waals surface area contributed by atoms with Gasteiger partial charge < -0.3 is 4.90 Å². The molecule has 4 aromatic heterocycles. The van der Waals surface area contributed by atoms with Crippen LogP contribution in [0.15, 0.2) is 61.3 Å². The summed E-state index contributed by atoms with van der Waals surface area (Å²) < 4.78 is 47.0. The third-order valence-electron chi connectivity index (χ3n) is 8.45. The molecule has 1 aliphatic carbocycles. The van der Waals surface area contributed by atoms with E-state index in [0.717, 1.165) is 6.07 Å². The molecule has 1 aromatic carbocycles. The van der Waals surface area contributed by atoms with Crippen LogP contribution < -0.4 is 4.90 Å². The minimum atomic E-state index is -1.39. The summed E-state index contributed by atoms with van der Waals surface area (Å²) in [5, 5.41) is 29.2. The molecule has 5 heterocycles. The zero-order valence-electron chi connectivity index (χ0n) is 23.7. The lowest BCUT2D eigenvalue weighted by Crippen LogP contribution is -2.54. The molecule has 1 aliphatic heterocycles. The fourth-order valence-electron chi connectivity index (χ4n) is 6.14. The van der Waals surface area contributed by atoms with Crippen molar-refractivity contribution in [2.24, 2.45) is 0 Å². The van der Waals surface area contributed by atoms with Crippen LogP contribution in [0, 0.1) is 33.2 Å². The second kappa shape index (κ2) is 11.0. The molecular formula is C30H25F3N10O2. The van der Waals surface area contributed by atoms with Crippen LogP contribution >= 0.6 is 0 Å². The minimum absolute atomic E-state index is 0.140. The van der Waals surface area contributed by atoms with Crippen molar-refractivity contribution in [2.45, 2.75) is 24.6 Å². The number of fused-ring (bicyclic) bond motifs is 1. The number of nitro groups is 1. The summed E-state index contributed by atoms with van der Waals surface area (Å²) in [6.07, 6.45) is 8.49. The van der Waals surface area contributed by atoms with E-state index in [-0.39, 0.29) is 31.1 Å². The number of alkyl halides is 1. The molecule has 2 fully saturated rings. The van der Waals surface area contributed by atoms with Crippen molar-refractivity contribution in [1.29, 1.82) is 5.26 Å². The van der Waals surface area contributed by atoms with Crippen molar-refractivity contribution >= 4 is 16.9 Å². The number of nitro benzene ring substituents is 1. The van der Waals surface area contributed by atoms with Gasteiger partial charge >= 0.3 is 0 Å². The quantitative estimate of drug-likeness (QED) is 0.147. The Bertz CT molecular complexity index is 1960. The average Bonchev–Trinajstić information content (AvgIpc) is 3.68. The largest absolute Gasteiger partial charge is 0.367 e. The Kier molecular flexibility index (Phi) is 6.93. The Balaban J connectivity index is 1.01. The number of benzene rings is 1. The van der Waals surface area contributed by atoms with Gasteiger partial charge in [0.05, 0.1) is 52.7 Å². The van der Waals surface area contributed by atoms with Gasteiger partial charge in [-0.15, -0.1) is 0 Å². The van der Waals surface area contributed by atoms with Crippen molar-refractivity contribution in [3.8, 4) is 28.6 Å². The molecular weight excluding hydrogens is 589 g/mol. The second-order valence-electron chi connectivity index (χ2n) is 11.4. The predicted octanol–water partition coefficient (Wildman–Crippen LogP) is 4.58. The Labute approximate surface area is 254 Å². The zero-order chi connectivity index (χ0) is 31.3. The van der Waals surface area contributed by atoms with Gasteiger partial charge in [-0.05, 0) is 18.2 Å². The van der Waals surface area contributed by atoms with E-state index in [4.69, 9.17) is 4.98 Å². The molecule has 0 spiro atoms. The summed E-state index contributed by atoms with van der Waals surface area (Å²) in [7, 11) is 0. The van der Waals surface area contributed by atoms with Crippen molar-refractivity contribution in [2.75, 3.05) is 37.6 Å². The second-order valence-corrected chi connectivity index (χ2v) is 11.4. The summed E-state index contributed by atoms with van der Waals surface area (Å²) in [6.45, 7) is 2.30. The first-order valence-electron chi connectivity index (χ1n) is 14.2. The number of piperazine rings is 1. The first-order chi connectivity index (χ1) is 21.7. The molecule has 7 rings (SSSR count). The lowest BCUT2D eigenvalue weighted by Gasteiger charge is -2.46. The van der Waals surface area contributed by atoms with E-state index in [0.29, 0.717) is 65.5 Å². The number of hydrogen-bond acceptors (Lipinski definition) is 9. The highest BCUT2D eigenvalue weighted by molar-refractivity contribution is 5.82. The zero-order valence-corrected chi connectivity index (χ0v) is 23.7. The number of aromatic nitrogens is 6. The minimum Gasteiger partial charge on any atom is -0.367 e. The number of rotatable bonds is 7. The number of anilines is 1. The molecule has 0 N–H and O–H groups in total. The first-order valence-corrected chi connectivity index (χ1v) is 14.2. The number of non-ortho nitro benzene ring substituents is 1. The van der Waals surface area contributed by atoms with Crippen molar-refractivity contribution in [1.82, 2.24) is 34.3 Å². The molecule has 2 aliphatic rings. The maximum Gasteiger partial charge on any atom is 0.272 e. The van der Waals surface area contributed by atoms with E-state index in [2.05, 4.69) is 21.3 Å². The summed E-state index contributed by atoms with van der Waals surface area (Å²) >= 11 is 0. The summed E-state index contributed by atoms with van der Waals surface area (Å²) in [5.74, 6) is -1.28. The van der Waals surface area contributed by atoms with Crippen LogP contribution in [-0.2, 0) is 0 Å². The summed E-state index contributed by atoms with van der Waals surface area (Å²) in [6, 6.07) is 8.35. The number of halogens is 3. The Morgan fingerprint density at radius 2 is 1.82 bits per heavy atom. The first kappa shape index (κ1) is 28.4. The number of nitriles is 1. The smallest absolute Gasteiger partial charge is 0.272 e. The van der Waals surface area contributed by atoms with Crippen LogP contribution in [0.25, 0.3) is 28.0 Å². The maximum absolute atomic E-state index is 15.7. The molecule has 0 unspecified atom stereocenters. The lowest BCUT2D eigenvalue weighted by atomic mass is 9.77. The molecule has 1 saturated heterocycles. The molecule has 228 valence electrons. The van der Waals surface area contributed by atoms with Crippen LogP contribution in [0.2, 0.25) is 0 Å². The fraction of sp³-hybridized carbons (Fsp3) is 0.300. The molecule has 0 atom stereocenters. The van der Waals surface area contributed by atoms with Crippen LogP contribution in [-0.4, -0.2) is 77.6 Å². The summed E-state index contributed by atoms with van der Waals surface area (Å²) in [4.78, 5) is 22.6. The Hall–Kier alpha value is -5.36. The van der Waals surface area contributed by atoms with Gasteiger partial charge in [-0.1, -0.05) is 0 Å². The Morgan fingerprint density at radius 3 is 2.51 bits per heavy atom. The van der Waals surface area contributed by atoms with Gasteiger partial charge in [0.15, 0.2) is 5.82 Å². The standard InChI is InChI=1S/C30H25F3N10O2/c31-24-9-22(43(44)45)2-3-26(24)40-7-5-39(6-8-40)18-30(33)10-23(11-30)41-16-21(15-36-41)25-17-42-29(20(12-34)14-37-42)28(38-25)19-1-4-27(32)35-13-19/h1-4,9,13-17,23H,5-8,10-11,18H2. The number of hydrogen-bond donors (Lipinski definition) is 0. The molecule has 45 heavy (non-hydrogen) atoms. The molecule has 0 amide bonds. The van der Waals surface area contributed by atoms with Crippen LogP contribution in [0.3, 0.4) is 0 Å². The van der Waals surface area contributed by atoms with Crippen LogP contribution in [0.1, 0.15) is 24.4 Å². The summed E-state index contributed by atoms with van der Waals surface area (Å²) in [5.41, 5.74) is 1.55. The van der Waals surface area contributed by atoms with E-state index in [9.17, 15) is 24.2 Å². The topological polar surface area (TPSA) is 134 Å². The number of pyridine rings is 1. The van der Waals surface area contributed by atoms with E-state index < -0.39 is 22.4 Å². The molecule has 0 bridgehead atoms. The van der Waals surface area contributed by atoms with Gasteiger partial charge in [-0.3, -0.25) is 19.7 Å². The lowest BCUT2D eigenvalue weighted by molar-refractivity contribution is -0.385. The predicted molar refractivity (Wildman–Crippen MR) is 156 cm³/mol. The SMILES string of the molecule is N#Cc1cnn2cc(-c3cnn(C4CC(F)(CN5CCN(c6ccc([N+](=O)[O-])cc6F)CC5)C4)c3)nc(-c3ccc(F)nc3)c12.